The summed E-state index contributed by atoms with van der Waals surface area (Å²) in [5, 5.41) is 8.12. The van der Waals surface area contributed by atoms with E-state index in [1.54, 1.807) is 4.57 Å². The maximum absolute atomic E-state index is 11.6. The average molecular weight is 247 g/mol. The Kier molecular flexibility index (Phi) is 3.19. The van der Waals surface area contributed by atoms with Gasteiger partial charge in [0.05, 0.1) is 10.2 Å². The Morgan fingerprint density at radius 1 is 1.24 bits per heavy atom. The molecule has 4 nitrogen and oxygen atoms in total. The lowest BCUT2D eigenvalue weighted by Crippen LogP contribution is -2.19. The zero-order valence-corrected chi connectivity index (χ0v) is 10.8. The van der Waals surface area contributed by atoms with Crippen molar-refractivity contribution in [2.24, 2.45) is 10.2 Å². The standard InChI is InChI=1S/C12H13N3OS/c1-8(2)13-14-12-15(9(3)16)10-6-4-5-7-11(10)17-12/h4-7H,1-3H3/b14-12-. The Hall–Kier alpha value is -1.75. The molecule has 0 atom stereocenters. The number of aromatic nitrogens is 1. The average Bonchev–Trinajstić information content (AvgIpc) is 2.64. The molecule has 0 N–H and O–H groups in total. The zero-order valence-electron chi connectivity index (χ0n) is 9.97. The quantitative estimate of drug-likeness (QED) is 0.564. The van der Waals surface area contributed by atoms with Crippen LogP contribution in [0.25, 0.3) is 10.2 Å². The van der Waals surface area contributed by atoms with Gasteiger partial charge >= 0.3 is 0 Å². The van der Waals surface area contributed by atoms with Crippen molar-refractivity contribution >= 4 is 33.2 Å². The molecular formula is C12H13N3OS. The number of rotatable bonds is 1. The van der Waals surface area contributed by atoms with Crippen LogP contribution in [-0.2, 0) is 0 Å². The Morgan fingerprint density at radius 2 is 1.94 bits per heavy atom. The van der Waals surface area contributed by atoms with Crippen molar-refractivity contribution < 1.29 is 4.79 Å². The Bertz CT molecular complexity index is 660. The molecule has 1 aromatic heterocycles. The van der Waals surface area contributed by atoms with Gasteiger partial charge in [-0.15, -0.1) is 5.10 Å². The maximum Gasteiger partial charge on any atom is 0.230 e. The smallest absolute Gasteiger partial charge is 0.230 e. The maximum atomic E-state index is 11.6. The summed E-state index contributed by atoms with van der Waals surface area (Å²) in [7, 11) is 0. The third-order valence-electron chi connectivity index (χ3n) is 2.15. The fourth-order valence-electron chi connectivity index (χ4n) is 1.49. The Labute approximate surface area is 103 Å². The van der Waals surface area contributed by atoms with Gasteiger partial charge in [-0.3, -0.25) is 9.36 Å². The molecular weight excluding hydrogens is 234 g/mol. The number of benzene rings is 1. The van der Waals surface area contributed by atoms with Crippen LogP contribution in [0.1, 0.15) is 25.6 Å². The summed E-state index contributed by atoms with van der Waals surface area (Å²) >= 11 is 1.46. The van der Waals surface area contributed by atoms with Gasteiger partial charge in [-0.2, -0.15) is 5.10 Å². The molecule has 0 unspecified atom stereocenters. The van der Waals surface area contributed by atoms with Crippen molar-refractivity contribution in [3.05, 3.63) is 29.1 Å². The van der Waals surface area contributed by atoms with E-state index in [4.69, 9.17) is 0 Å². The normalized spacial score (nSPS) is 11.8. The van der Waals surface area contributed by atoms with Gasteiger partial charge in [-0.25, -0.2) is 0 Å². The van der Waals surface area contributed by atoms with E-state index in [1.807, 2.05) is 38.1 Å². The van der Waals surface area contributed by atoms with E-state index in [9.17, 15) is 4.79 Å². The predicted molar refractivity (Wildman–Crippen MR) is 70.5 cm³/mol. The van der Waals surface area contributed by atoms with E-state index >= 15 is 0 Å². The van der Waals surface area contributed by atoms with E-state index in [1.165, 1.54) is 18.3 Å². The third-order valence-corrected chi connectivity index (χ3v) is 3.16. The lowest BCUT2D eigenvalue weighted by molar-refractivity contribution is 0.0938. The van der Waals surface area contributed by atoms with Crippen LogP contribution in [0.15, 0.2) is 34.5 Å². The fraction of sp³-hybridized carbons (Fsp3) is 0.250. The molecule has 2 rings (SSSR count). The van der Waals surface area contributed by atoms with Crippen LogP contribution in [0.2, 0.25) is 0 Å². The molecule has 2 aromatic rings. The minimum absolute atomic E-state index is 0.0508. The summed E-state index contributed by atoms with van der Waals surface area (Å²) in [4.78, 5) is 12.3. The topological polar surface area (TPSA) is 46.7 Å². The molecule has 5 heteroatoms. The van der Waals surface area contributed by atoms with Crippen molar-refractivity contribution in [2.75, 3.05) is 0 Å². The largest absolute Gasteiger partial charge is 0.274 e. The van der Waals surface area contributed by atoms with Gasteiger partial charge in [-0.1, -0.05) is 23.5 Å². The van der Waals surface area contributed by atoms with Gasteiger partial charge in [0.2, 0.25) is 10.7 Å². The van der Waals surface area contributed by atoms with Crippen LogP contribution in [0.3, 0.4) is 0 Å². The van der Waals surface area contributed by atoms with Crippen molar-refractivity contribution in [1.29, 1.82) is 0 Å². The SMILES string of the molecule is CC(=O)n1/c(=N/N=C(C)C)sc2ccccc21. The molecule has 1 aromatic carbocycles. The number of hydrogen-bond donors (Lipinski definition) is 0. The van der Waals surface area contributed by atoms with Crippen LogP contribution in [0, 0.1) is 0 Å². The van der Waals surface area contributed by atoms with Crippen LogP contribution in [0.4, 0.5) is 0 Å². The molecule has 0 spiro atoms. The second-order valence-corrected chi connectivity index (χ2v) is 4.86. The number of nitrogens with zero attached hydrogens (tertiary/aromatic N) is 3. The summed E-state index contributed by atoms with van der Waals surface area (Å²) in [5.74, 6) is -0.0508. The first-order valence-corrected chi connectivity index (χ1v) is 6.07. The van der Waals surface area contributed by atoms with E-state index in [0.29, 0.717) is 4.80 Å². The van der Waals surface area contributed by atoms with Crippen LogP contribution >= 0.6 is 11.3 Å². The van der Waals surface area contributed by atoms with E-state index in [0.717, 1.165) is 15.9 Å². The monoisotopic (exact) mass is 247 g/mol. The molecule has 0 aliphatic rings. The molecule has 17 heavy (non-hydrogen) atoms. The molecule has 0 bridgehead atoms. The van der Waals surface area contributed by atoms with Gasteiger partial charge in [-0.05, 0) is 26.0 Å². The van der Waals surface area contributed by atoms with Gasteiger partial charge in [0, 0.05) is 12.6 Å². The van der Waals surface area contributed by atoms with Crippen LogP contribution in [0.5, 0.6) is 0 Å². The first-order valence-electron chi connectivity index (χ1n) is 5.26. The highest BCUT2D eigenvalue weighted by atomic mass is 32.1. The zero-order chi connectivity index (χ0) is 12.4. The van der Waals surface area contributed by atoms with Crippen LogP contribution < -0.4 is 4.80 Å². The van der Waals surface area contributed by atoms with Gasteiger partial charge < -0.3 is 0 Å². The Balaban J connectivity index is 2.79. The molecule has 0 amide bonds. The van der Waals surface area contributed by atoms with Crippen molar-refractivity contribution in [3.63, 3.8) is 0 Å². The van der Waals surface area contributed by atoms with Crippen LogP contribution in [-0.4, -0.2) is 16.2 Å². The lowest BCUT2D eigenvalue weighted by Gasteiger charge is -1.97. The van der Waals surface area contributed by atoms with Gasteiger partial charge in [0.1, 0.15) is 0 Å². The molecule has 88 valence electrons. The van der Waals surface area contributed by atoms with Crippen molar-refractivity contribution in [2.45, 2.75) is 20.8 Å². The first-order chi connectivity index (χ1) is 8.09. The second-order valence-electron chi connectivity index (χ2n) is 3.85. The van der Waals surface area contributed by atoms with E-state index < -0.39 is 0 Å². The number of para-hydroxylation sites is 1. The summed E-state index contributed by atoms with van der Waals surface area (Å²) in [6.45, 7) is 5.27. The summed E-state index contributed by atoms with van der Waals surface area (Å²) in [6, 6.07) is 7.74. The minimum atomic E-state index is -0.0508. The number of fused-ring (bicyclic) bond motifs is 1. The number of carbonyl (C=O) groups excluding carboxylic acids is 1. The highest BCUT2D eigenvalue weighted by molar-refractivity contribution is 7.16. The number of carbonyl (C=O) groups is 1. The number of hydrogen-bond acceptors (Lipinski definition) is 4. The fourth-order valence-corrected chi connectivity index (χ4v) is 2.49. The van der Waals surface area contributed by atoms with Gasteiger partial charge in [0.25, 0.3) is 0 Å². The molecule has 0 aliphatic heterocycles. The third kappa shape index (κ3) is 2.34. The molecule has 0 aliphatic carbocycles. The molecule has 0 saturated carbocycles. The highest BCUT2D eigenvalue weighted by Gasteiger charge is 2.08. The van der Waals surface area contributed by atoms with E-state index in [2.05, 4.69) is 10.2 Å². The summed E-state index contributed by atoms with van der Waals surface area (Å²) in [6.07, 6.45) is 0. The van der Waals surface area contributed by atoms with Crippen molar-refractivity contribution in [3.8, 4) is 0 Å². The van der Waals surface area contributed by atoms with Crippen molar-refractivity contribution in [1.82, 2.24) is 4.57 Å². The van der Waals surface area contributed by atoms with Gasteiger partial charge in [0.15, 0.2) is 0 Å². The lowest BCUT2D eigenvalue weighted by atomic mass is 10.3. The highest BCUT2D eigenvalue weighted by Crippen LogP contribution is 2.16. The number of thiazole rings is 1. The predicted octanol–water partition coefficient (Wildman–Crippen LogP) is 2.66. The Morgan fingerprint density at radius 3 is 2.59 bits per heavy atom. The molecule has 0 saturated heterocycles. The van der Waals surface area contributed by atoms with E-state index in [-0.39, 0.29) is 5.91 Å². The summed E-state index contributed by atoms with van der Waals surface area (Å²) < 4.78 is 2.62. The molecule has 0 radical (unpaired) electrons. The minimum Gasteiger partial charge on any atom is -0.274 e. The first kappa shape index (κ1) is 11.7. The molecule has 1 heterocycles. The second kappa shape index (κ2) is 4.63. The molecule has 0 fully saturated rings. The summed E-state index contributed by atoms with van der Waals surface area (Å²) in [5.41, 5.74) is 1.74.